The van der Waals surface area contributed by atoms with E-state index in [1.807, 2.05) is 12.1 Å². The number of fused-ring (bicyclic) bond motifs is 1. The first kappa shape index (κ1) is 13.4. The van der Waals surface area contributed by atoms with E-state index in [2.05, 4.69) is 15.2 Å². The zero-order valence-corrected chi connectivity index (χ0v) is 12.2. The molecule has 3 heterocycles. The summed E-state index contributed by atoms with van der Waals surface area (Å²) < 4.78 is 0. The number of thiophene rings is 1. The molecule has 0 aliphatic carbocycles. The Hall–Kier alpha value is -2.54. The Morgan fingerprint density at radius 3 is 2.95 bits per heavy atom. The second-order valence-electron chi connectivity index (χ2n) is 4.62. The van der Waals surface area contributed by atoms with Gasteiger partial charge >= 0.3 is 0 Å². The minimum absolute atomic E-state index is 0.126. The summed E-state index contributed by atoms with van der Waals surface area (Å²) >= 11 is 1.27. The monoisotopic (exact) mass is 299 g/mol. The highest BCUT2D eigenvalue weighted by atomic mass is 32.1. The van der Waals surface area contributed by atoms with Crippen LogP contribution in [0.3, 0.4) is 0 Å². The van der Waals surface area contributed by atoms with Crippen molar-refractivity contribution in [3.63, 3.8) is 0 Å². The van der Waals surface area contributed by atoms with E-state index in [4.69, 9.17) is 5.73 Å². The second-order valence-corrected chi connectivity index (χ2v) is 5.62. The molecule has 0 fully saturated rings. The van der Waals surface area contributed by atoms with E-state index in [0.29, 0.717) is 21.9 Å². The van der Waals surface area contributed by atoms with E-state index in [-0.39, 0.29) is 5.91 Å². The number of carbonyl (C=O) groups is 1. The van der Waals surface area contributed by atoms with E-state index >= 15 is 0 Å². The van der Waals surface area contributed by atoms with Crippen molar-refractivity contribution in [3.8, 4) is 0 Å². The number of nitrogen functional groups attached to an aromatic ring is 1. The van der Waals surface area contributed by atoms with Crippen LogP contribution in [0, 0.1) is 0 Å². The van der Waals surface area contributed by atoms with E-state index < -0.39 is 0 Å². The number of carbonyl (C=O) groups excluding carboxylic acids is 1. The number of hydrogen-bond acceptors (Lipinski definition) is 6. The Balaban J connectivity index is 1.88. The third kappa shape index (κ3) is 2.55. The van der Waals surface area contributed by atoms with Gasteiger partial charge in [0.25, 0.3) is 5.91 Å². The Labute approximate surface area is 125 Å². The lowest BCUT2D eigenvalue weighted by Crippen LogP contribution is -2.26. The van der Waals surface area contributed by atoms with Crippen molar-refractivity contribution in [2.75, 3.05) is 12.8 Å². The standard InChI is InChI=1S/C14H13N5OS/c1-19(8-9-3-2-5-16-7-9)14(20)12-11(15)10-4-6-17-18-13(10)21-12/h2-7H,8,15H2,1H3. The van der Waals surface area contributed by atoms with Gasteiger partial charge in [0, 0.05) is 31.4 Å². The maximum absolute atomic E-state index is 12.5. The summed E-state index contributed by atoms with van der Waals surface area (Å²) in [6, 6.07) is 5.54. The lowest BCUT2D eigenvalue weighted by Gasteiger charge is -2.16. The third-order valence-corrected chi connectivity index (χ3v) is 4.20. The van der Waals surface area contributed by atoms with Crippen LogP contribution in [0.4, 0.5) is 5.69 Å². The molecule has 0 atom stereocenters. The molecule has 0 saturated heterocycles. The lowest BCUT2D eigenvalue weighted by atomic mass is 10.2. The van der Waals surface area contributed by atoms with Crippen LogP contribution >= 0.6 is 11.3 Å². The number of pyridine rings is 1. The SMILES string of the molecule is CN(Cc1cccnc1)C(=O)c1sc2nnccc2c1N. The number of nitrogens with two attached hydrogens (primary N) is 1. The molecule has 0 saturated carbocycles. The van der Waals surface area contributed by atoms with Crippen LogP contribution < -0.4 is 5.73 Å². The van der Waals surface area contributed by atoms with E-state index in [0.717, 1.165) is 10.9 Å². The largest absolute Gasteiger partial charge is 0.397 e. The molecular weight excluding hydrogens is 286 g/mol. The fourth-order valence-electron chi connectivity index (χ4n) is 2.04. The number of amides is 1. The zero-order valence-electron chi connectivity index (χ0n) is 11.4. The van der Waals surface area contributed by atoms with Gasteiger partial charge in [0.1, 0.15) is 9.71 Å². The molecule has 7 heteroatoms. The van der Waals surface area contributed by atoms with E-state index in [1.165, 1.54) is 11.3 Å². The van der Waals surface area contributed by atoms with Gasteiger partial charge in [-0.3, -0.25) is 9.78 Å². The average Bonchev–Trinajstić information content (AvgIpc) is 2.85. The van der Waals surface area contributed by atoms with Gasteiger partial charge in [0.15, 0.2) is 0 Å². The van der Waals surface area contributed by atoms with Crippen LogP contribution in [0.5, 0.6) is 0 Å². The topological polar surface area (TPSA) is 85.0 Å². The number of aromatic nitrogens is 3. The maximum atomic E-state index is 12.5. The Kier molecular flexibility index (Phi) is 3.49. The molecule has 0 aliphatic heterocycles. The van der Waals surface area contributed by atoms with Crippen molar-refractivity contribution in [3.05, 3.63) is 47.2 Å². The molecule has 0 spiro atoms. The van der Waals surface area contributed by atoms with Crippen LogP contribution in [0.25, 0.3) is 10.2 Å². The molecule has 21 heavy (non-hydrogen) atoms. The minimum atomic E-state index is -0.126. The minimum Gasteiger partial charge on any atom is -0.397 e. The molecule has 0 aliphatic rings. The first-order valence-corrected chi connectivity index (χ1v) is 7.12. The fraction of sp³-hybridized carbons (Fsp3) is 0.143. The summed E-state index contributed by atoms with van der Waals surface area (Å²) in [6.45, 7) is 0.478. The number of hydrogen-bond donors (Lipinski definition) is 1. The summed E-state index contributed by atoms with van der Waals surface area (Å²) in [7, 11) is 1.74. The highest BCUT2D eigenvalue weighted by Gasteiger charge is 2.20. The van der Waals surface area contributed by atoms with Crippen LogP contribution in [0.2, 0.25) is 0 Å². The molecule has 0 aromatic carbocycles. The van der Waals surface area contributed by atoms with Crippen LogP contribution in [-0.4, -0.2) is 33.0 Å². The van der Waals surface area contributed by atoms with Crippen LogP contribution in [0.15, 0.2) is 36.8 Å². The molecule has 6 nitrogen and oxygen atoms in total. The predicted octanol–water partition coefficient (Wildman–Crippen LogP) is 1.94. The van der Waals surface area contributed by atoms with Gasteiger partial charge in [-0.05, 0) is 17.7 Å². The van der Waals surface area contributed by atoms with Crippen molar-refractivity contribution in [1.82, 2.24) is 20.1 Å². The van der Waals surface area contributed by atoms with Gasteiger partial charge in [-0.15, -0.1) is 16.4 Å². The highest BCUT2D eigenvalue weighted by molar-refractivity contribution is 7.21. The van der Waals surface area contributed by atoms with Gasteiger partial charge in [-0.1, -0.05) is 6.07 Å². The molecule has 0 radical (unpaired) electrons. The smallest absolute Gasteiger partial charge is 0.266 e. The fourth-order valence-corrected chi connectivity index (χ4v) is 3.07. The predicted molar refractivity (Wildman–Crippen MR) is 81.9 cm³/mol. The first-order chi connectivity index (χ1) is 10.2. The Morgan fingerprint density at radius 2 is 2.24 bits per heavy atom. The van der Waals surface area contributed by atoms with Gasteiger partial charge in [-0.2, -0.15) is 5.10 Å². The Morgan fingerprint density at radius 1 is 1.38 bits per heavy atom. The summed E-state index contributed by atoms with van der Waals surface area (Å²) in [5, 5.41) is 8.58. The molecule has 3 aromatic rings. The van der Waals surface area contributed by atoms with Gasteiger partial charge < -0.3 is 10.6 Å². The van der Waals surface area contributed by atoms with Crippen molar-refractivity contribution in [2.45, 2.75) is 6.54 Å². The molecule has 3 rings (SSSR count). The van der Waals surface area contributed by atoms with Crippen molar-refractivity contribution < 1.29 is 4.79 Å². The molecule has 106 valence electrons. The maximum Gasteiger partial charge on any atom is 0.266 e. The quantitative estimate of drug-likeness (QED) is 0.799. The Bertz CT molecular complexity index is 786. The number of rotatable bonds is 3. The van der Waals surface area contributed by atoms with Crippen LogP contribution in [-0.2, 0) is 6.54 Å². The van der Waals surface area contributed by atoms with Crippen molar-refractivity contribution in [2.24, 2.45) is 0 Å². The normalized spacial score (nSPS) is 10.7. The zero-order chi connectivity index (χ0) is 14.8. The van der Waals surface area contributed by atoms with Crippen molar-refractivity contribution in [1.29, 1.82) is 0 Å². The molecule has 0 unspecified atom stereocenters. The molecule has 2 N–H and O–H groups in total. The number of nitrogens with zero attached hydrogens (tertiary/aromatic N) is 4. The number of anilines is 1. The summed E-state index contributed by atoms with van der Waals surface area (Å²) in [5.41, 5.74) is 7.49. The molecule has 1 amide bonds. The van der Waals surface area contributed by atoms with Gasteiger partial charge in [0.05, 0.1) is 11.9 Å². The highest BCUT2D eigenvalue weighted by Crippen LogP contribution is 2.32. The average molecular weight is 299 g/mol. The molecule has 0 bridgehead atoms. The van der Waals surface area contributed by atoms with Gasteiger partial charge in [-0.25, -0.2) is 0 Å². The lowest BCUT2D eigenvalue weighted by molar-refractivity contribution is 0.0791. The third-order valence-electron chi connectivity index (χ3n) is 3.10. The molecular formula is C14H13N5OS. The summed E-state index contributed by atoms with van der Waals surface area (Å²) in [5.74, 6) is -0.126. The first-order valence-electron chi connectivity index (χ1n) is 6.31. The van der Waals surface area contributed by atoms with E-state index in [1.54, 1.807) is 36.6 Å². The van der Waals surface area contributed by atoms with E-state index in [9.17, 15) is 4.79 Å². The molecule has 3 aromatic heterocycles. The summed E-state index contributed by atoms with van der Waals surface area (Å²) in [6.07, 6.45) is 5.01. The van der Waals surface area contributed by atoms with Crippen molar-refractivity contribution >= 4 is 33.1 Å². The summed E-state index contributed by atoms with van der Waals surface area (Å²) in [4.78, 5) is 19.4. The second kappa shape index (κ2) is 5.45. The van der Waals surface area contributed by atoms with Gasteiger partial charge in [0.2, 0.25) is 0 Å². The van der Waals surface area contributed by atoms with Crippen LogP contribution in [0.1, 0.15) is 15.2 Å².